The Labute approximate surface area is 63.3 Å². The van der Waals surface area contributed by atoms with E-state index in [9.17, 15) is 0 Å². The molecule has 0 amide bonds. The zero-order valence-corrected chi connectivity index (χ0v) is 6.77. The fraction of sp³-hybridized carbons (Fsp3) is 0.778. The maximum absolute atomic E-state index is 5.82. The topological polar surface area (TPSA) is 26.0 Å². The van der Waals surface area contributed by atoms with Gasteiger partial charge < -0.3 is 5.73 Å². The Morgan fingerprint density at radius 3 is 2.60 bits per heavy atom. The number of allylic oxidation sites excluding steroid dienone is 1. The lowest BCUT2D eigenvalue weighted by atomic mass is 9.82. The van der Waals surface area contributed by atoms with Crippen molar-refractivity contribution in [3.05, 3.63) is 12.2 Å². The van der Waals surface area contributed by atoms with Gasteiger partial charge in [0.25, 0.3) is 0 Å². The van der Waals surface area contributed by atoms with Crippen LogP contribution in [-0.2, 0) is 0 Å². The third-order valence-electron chi connectivity index (χ3n) is 2.41. The van der Waals surface area contributed by atoms with Crippen LogP contribution in [0.2, 0.25) is 0 Å². The Hall–Kier alpha value is -0.300. The normalized spacial score (nSPS) is 33.8. The van der Waals surface area contributed by atoms with E-state index in [4.69, 9.17) is 5.73 Å². The van der Waals surface area contributed by atoms with E-state index in [1.807, 2.05) is 0 Å². The van der Waals surface area contributed by atoms with Crippen molar-refractivity contribution in [2.24, 2.45) is 11.7 Å². The molecule has 0 aliphatic heterocycles. The van der Waals surface area contributed by atoms with Gasteiger partial charge in [-0.3, -0.25) is 0 Å². The Balaban J connectivity index is 2.39. The highest BCUT2D eigenvalue weighted by atomic mass is 14.6. The van der Waals surface area contributed by atoms with Gasteiger partial charge in [-0.05, 0) is 32.1 Å². The second-order valence-electron chi connectivity index (χ2n) is 3.47. The number of hydrogen-bond acceptors (Lipinski definition) is 1. The predicted molar refractivity (Wildman–Crippen MR) is 44.7 cm³/mol. The van der Waals surface area contributed by atoms with Crippen LogP contribution in [0.1, 0.15) is 32.6 Å². The Kier molecular flexibility index (Phi) is 2.50. The van der Waals surface area contributed by atoms with Crippen molar-refractivity contribution < 1.29 is 0 Å². The van der Waals surface area contributed by atoms with E-state index in [0.29, 0.717) is 12.0 Å². The van der Waals surface area contributed by atoms with Crippen LogP contribution in [0.4, 0.5) is 0 Å². The van der Waals surface area contributed by atoms with Crippen LogP contribution in [0.3, 0.4) is 0 Å². The lowest BCUT2D eigenvalue weighted by Crippen LogP contribution is -2.28. The van der Waals surface area contributed by atoms with Gasteiger partial charge in [0.05, 0.1) is 0 Å². The molecule has 0 saturated heterocycles. The monoisotopic (exact) mass is 139 g/mol. The molecule has 0 bridgehead atoms. The molecule has 1 rings (SSSR count). The average molecular weight is 139 g/mol. The molecule has 2 unspecified atom stereocenters. The minimum Gasteiger partial charge on any atom is -0.328 e. The second kappa shape index (κ2) is 3.20. The zero-order valence-electron chi connectivity index (χ0n) is 6.77. The van der Waals surface area contributed by atoms with E-state index >= 15 is 0 Å². The highest BCUT2D eigenvalue weighted by Gasteiger charge is 2.18. The summed E-state index contributed by atoms with van der Waals surface area (Å²) in [6.07, 6.45) is 4.97. The van der Waals surface area contributed by atoms with Crippen molar-refractivity contribution >= 4 is 0 Å². The lowest BCUT2D eigenvalue weighted by molar-refractivity contribution is 0.360. The van der Waals surface area contributed by atoms with Gasteiger partial charge in [-0.1, -0.05) is 18.6 Å². The molecule has 1 saturated carbocycles. The number of rotatable bonds is 1. The maximum Gasteiger partial charge on any atom is 0.00445 e. The molecule has 0 radical (unpaired) electrons. The van der Waals surface area contributed by atoms with Crippen LogP contribution in [0, 0.1) is 5.92 Å². The van der Waals surface area contributed by atoms with E-state index in [1.165, 1.54) is 24.8 Å². The van der Waals surface area contributed by atoms with E-state index in [2.05, 4.69) is 13.5 Å². The quantitative estimate of drug-likeness (QED) is 0.553. The molecule has 1 aliphatic rings. The fourth-order valence-electron chi connectivity index (χ4n) is 1.68. The molecule has 2 atom stereocenters. The largest absolute Gasteiger partial charge is 0.328 e. The summed E-state index contributed by atoms with van der Waals surface area (Å²) >= 11 is 0. The minimum absolute atomic E-state index is 0.440. The van der Waals surface area contributed by atoms with Gasteiger partial charge in [0.1, 0.15) is 0 Å². The standard InChI is InChI=1S/C9H17N/c1-7(2)8-4-3-5-9(10)6-8/h8-9H,1,3-6,10H2,2H3. The second-order valence-corrected chi connectivity index (χ2v) is 3.47. The first kappa shape index (κ1) is 7.80. The summed E-state index contributed by atoms with van der Waals surface area (Å²) in [5.41, 5.74) is 7.14. The summed E-state index contributed by atoms with van der Waals surface area (Å²) < 4.78 is 0. The summed E-state index contributed by atoms with van der Waals surface area (Å²) in [6, 6.07) is 0.440. The SMILES string of the molecule is C=C(C)C1CCCC(N)C1. The third kappa shape index (κ3) is 1.84. The summed E-state index contributed by atoms with van der Waals surface area (Å²) in [4.78, 5) is 0. The molecule has 10 heavy (non-hydrogen) atoms. The van der Waals surface area contributed by atoms with Crippen molar-refractivity contribution in [1.29, 1.82) is 0 Å². The predicted octanol–water partition coefficient (Wildman–Crippen LogP) is 2.08. The van der Waals surface area contributed by atoms with Crippen LogP contribution < -0.4 is 5.73 Å². The van der Waals surface area contributed by atoms with Gasteiger partial charge in [0.15, 0.2) is 0 Å². The summed E-state index contributed by atoms with van der Waals surface area (Å²) in [5.74, 6) is 0.712. The third-order valence-corrected chi connectivity index (χ3v) is 2.41. The molecule has 1 fully saturated rings. The molecule has 0 aromatic rings. The highest BCUT2D eigenvalue weighted by Crippen LogP contribution is 2.27. The van der Waals surface area contributed by atoms with E-state index in [0.717, 1.165) is 6.42 Å². The first-order valence-electron chi connectivity index (χ1n) is 4.11. The summed E-state index contributed by atoms with van der Waals surface area (Å²) in [5, 5.41) is 0. The molecule has 1 heteroatoms. The van der Waals surface area contributed by atoms with E-state index in [-0.39, 0.29) is 0 Å². The van der Waals surface area contributed by atoms with E-state index in [1.54, 1.807) is 0 Å². The van der Waals surface area contributed by atoms with Gasteiger partial charge in [-0.2, -0.15) is 0 Å². The molecular formula is C9H17N. The van der Waals surface area contributed by atoms with Crippen molar-refractivity contribution in [3.8, 4) is 0 Å². The zero-order chi connectivity index (χ0) is 7.56. The minimum atomic E-state index is 0.440. The van der Waals surface area contributed by atoms with Gasteiger partial charge in [-0.15, -0.1) is 0 Å². The molecular weight excluding hydrogens is 122 g/mol. The van der Waals surface area contributed by atoms with Gasteiger partial charge in [-0.25, -0.2) is 0 Å². The van der Waals surface area contributed by atoms with Crippen molar-refractivity contribution in [1.82, 2.24) is 0 Å². The Bertz CT molecular complexity index is 129. The number of nitrogens with two attached hydrogens (primary N) is 1. The van der Waals surface area contributed by atoms with Gasteiger partial charge >= 0.3 is 0 Å². The lowest BCUT2D eigenvalue weighted by Gasteiger charge is -2.26. The Morgan fingerprint density at radius 2 is 2.20 bits per heavy atom. The van der Waals surface area contributed by atoms with Crippen LogP contribution in [0.15, 0.2) is 12.2 Å². The van der Waals surface area contributed by atoms with Crippen molar-refractivity contribution in [2.75, 3.05) is 0 Å². The van der Waals surface area contributed by atoms with Crippen LogP contribution in [0.5, 0.6) is 0 Å². The van der Waals surface area contributed by atoms with Gasteiger partial charge in [0, 0.05) is 6.04 Å². The van der Waals surface area contributed by atoms with Crippen LogP contribution in [-0.4, -0.2) is 6.04 Å². The first-order valence-corrected chi connectivity index (χ1v) is 4.11. The molecule has 0 aromatic heterocycles. The molecule has 0 aromatic carbocycles. The average Bonchev–Trinajstić information content (AvgIpc) is 1.88. The molecule has 0 heterocycles. The Morgan fingerprint density at radius 1 is 1.50 bits per heavy atom. The summed E-state index contributed by atoms with van der Waals surface area (Å²) in [6.45, 7) is 6.07. The maximum atomic E-state index is 5.82. The molecule has 0 spiro atoms. The number of hydrogen-bond donors (Lipinski definition) is 1. The first-order chi connectivity index (χ1) is 4.70. The van der Waals surface area contributed by atoms with E-state index < -0.39 is 0 Å². The van der Waals surface area contributed by atoms with Crippen molar-refractivity contribution in [3.63, 3.8) is 0 Å². The summed E-state index contributed by atoms with van der Waals surface area (Å²) in [7, 11) is 0. The molecule has 1 nitrogen and oxygen atoms in total. The fourth-order valence-corrected chi connectivity index (χ4v) is 1.68. The molecule has 1 aliphatic carbocycles. The van der Waals surface area contributed by atoms with Crippen LogP contribution >= 0.6 is 0 Å². The highest BCUT2D eigenvalue weighted by molar-refractivity contribution is 4.98. The van der Waals surface area contributed by atoms with Crippen molar-refractivity contribution in [2.45, 2.75) is 38.6 Å². The molecule has 58 valence electrons. The smallest absolute Gasteiger partial charge is 0.00445 e. The van der Waals surface area contributed by atoms with Crippen LogP contribution in [0.25, 0.3) is 0 Å². The molecule has 2 N–H and O–H groups in total. The van der Waals surface area contributed by atoms with Gasteiger partial charge in [0.2, 0.25) is 0 Å².